The third-order valence-corrected chi connectivity index (χ3v) is 5.09. The van der Waals surface area contributed by atoms with Crippen LogP contribution in [-0.4, -0.2) is 22.8 Å². The number of para-hydroxylation sites is 1. The van der Waals surface area contributed by atoms with E-state index in [0.717, 1.165) is 22.8 Å². The maximum Gasteiger partial charge on any atom is 0.257 e. The first-order chi connectivity index (χ1) is 13.7. The highest BCUT2D eigenvalue weighted by Crippen LogP contribution is 2.33. The van der Waals surface area contributed by atoms with E-state index in [9.17, 15) is 4.79 Å². The van der Waals surface area contributed by atoms with Gasteiger partial charge in [0, 0.05) is 12.1 Å². The van der Waals surface area contributed by atoms with Crippen LogP contribution in [0.5, 0.6) is 5.75 Å². The fourth-order valence-corrected chi connectivity index (χ4v) is 3.65. The molecule has 1 aliphatic rings. The molecule has 1 unspecified atom stereocenters. The van der Waals surface area contributed by atoms with Crippen molar-refractivity contribution in [3.63, 3.8) is 0 Å². The summed E-state index contributed by atoms with van der Waals surface area (Å²) in [5.41, 5.74) is 3.57. The number of nitrogens with one attached hydrogen (secondary N) is 2. The molecule has 0 aliphatic carbocycles. The molecule has 1 atom stereocenters. The maximum atomic E-state index is 13.0. The summed E-state index contributed by atoms with van der Waals surface area (Å²) in [4.78, 5) is 13.0. The zero-order valence-electron chi connectivity index (χ0n) is 16.1. The van der Waals surface area contributed by atoms with Crippen LogP contribution < -0.4 is 15.4 Å². The lowest BCUT2D eigenvalue weighted by Gasteiger charge is -2.13. The highest BCUT2D eigenvalue weighted by Gasteiger charge is 2.31. The molecule has 3 aromatic rings. The van der Waals surface area contributed by atoms with Crippen LogP contribution in [0.25, 0.3) is 0 Å². The van der Waals surface area contributed by atoms with Crippen LogP contribution in [0.15, 0.2) is 54.6 Å². The quantitative estimate of drug-likeness (QED) is 0.690. The van der Waals surface area contributed by atoms with E-state index in [1.807, 2.05) is 54.1 Å². The van der Waals surface area contributed by atoms with Gasteiger partial charge in [0.2, 0.25) is 0 Å². The van der Waals surface area contributed by atoms with Gasteiger partial charge in [0.15, 0.2) is 0 Å². The summed E-state index contributed by atoms with van der Waals surface area (Å²) in [6.07, 6.45) is 0.703. The van der Waals surface area contributed by atoms with E-state index in [1.54, 1.807) is 7.11 Å². The number of hydrogen-bond donors (Lipinski definition) is 2. The van der Waals surface area contributed by atoms with E-state index in [1.165, 1.54) is 5.56 Å². The minimum Gasteiger partial charge on any atom is -0.496 e. The zero-order valence-corrected chi connectivity index (χ0v) is 16.1. The van der Waals surface area contributed by atoms with Crippen LogP contribution in [-0.2, 0) is 19.5 Å². The van der Waals surface area contributed by atoms with Crippen molar-refractivity contribution in [2.75, 3.05) is 12.4 Å². The number of hydrogen-bond acceptors (Lipinski definition) is 4. The van der Waals surface area contributed by atoms with Crippen LogP contribution in [0.3, 0.4) is 0 Å². The lowest BCUT2D eigenvalue weighted by atomic mass is 10.1. The molecule has 2 aromatic carbocycles. The van der Waals surface area contributed by atoms with Gasteiger partial charge in [0.25, 0.3) is 5.91 Å². The Balaban J connectivity index is 1.54. The van der Waals surface area contributed by atoms with E-state index in [4.69, 9.17) is 4.74 Å². The SMILES string of the molecule is CCc1nn2c(c1C(=O)NCc1ccccc1OC)NC(c1ccccc1)C2. The summed E-state index contributed by atoms with van der Waals surface area (Å²) in [5.74, 6) is 1.44. The molecule has 0 saturated carbocycles. The number of amides is 1. The van der Waals surface area contributed by atoms with E-state index in [2.05, 4.69) is 27.9 Å². The van der Waals surface area contributed by atoms with Crippen LogP contribution in [0.1, 0.15) is 40.1 Å². The summed E-state index contributed by atoms with van der Waals surface area (Å²) in [5, 5.41) is 11.2. The molecule has 2 N–H and O–H groups in total. The number of aryl methyl sites for hydroxylation is 1. The monoisotopic (exact) mass is 376 g/mol. The number of rotatable bonds is 6. The molecular formula is C22H24N4O2. The van der Waals surface area contributed by atoms with Gasteiger partial charge in [-0.15, -0.1) is 0 Å². The van der Waals surface area contributed by atoms with Crippen molar-refractivity contribution in [3.8, 4) is 5.75 Å². The molecule has 1 aliphatic heterocycles. The summed E-state index contributed by atoms with van der Waals surface area (Å²) < 4.78 is 7.28. The largest absolute Gasteiger partial charge is 0.496 e. The number of fused-ring (bicyclic) bond motifs is 1. The molecule has 1 amide bonds. The highest BCUT2D eigenvalue weighted by atomic mass is 16.5. The first kappa shape index (κ1) is 18.1. The van der Waals surface area contributed by atoms with Crippen molar-refractivity contribution in [3.05, 3.63) is 77.0 Å². The third-order valence-electron chi connectivity index (χ3n) is 5.09. The summed E-state index contributed by atoms with van der Waals surface area (Å²) >= 11 is 0. The Morgan fingerprint density at radius 2 is 1.96 bits per heavy atom. The van der Waals surface area contributed by atoms with Crippen molar-refractivity contribution in [2.45, 2.75) is 32.5 Å². The first-order valence-corrected chi connectivity index (χ1v) is 9.52. The van der Waals surface area contributed by atoms with Crippen molar-refractivity contribution in [1.82, 2.24) is 15.1 Å². The average Bonchev–Trinajstić information content (AvgIpc) is 3.30. The van der Waals surface area contributed by atoms with Gasteiger partial charge >= 0.3 is 0 Å². The highest BCUT2D eigenvalue weighted by molar-refractivity contribution is 6.00. The van der Waals surface area contributed by atoms with E-state index >= 15 is 0 Å². The third kappa shape index (κ3) is 3.33. The van der Waals surface area contributed by atoms with E-state index in [0.29, 0.717) is 25.1 Å². The molecule has 0 saturated heterocycles. The van der Waals surface area contributed by atoms with Crippen molar-refractivity contribution < 1.29 is 9.53 Å². The Morgan fingerprint density at radius 3 is 2.71 bits per heavy atom. The maximum absolute atomic E-state index is 13.0. The van der Waals surface area contributed by atoms with Gasteiger partial charge in [-0.25, -0.2) is 4.68 Å². The van der Waals surface area contributed by atoms with Gasteiger partial charge in [0.05, 0.1) is 25.4 Å². The fraction of sp³-hybridized carbons (Fsp3) is 0.273. The molecule has 6 nitrogen and oxygen atoms in total. The Kier molecular flexibility index (Phi) is 5.02. The minimum atomic E-state index is -0.120. The van der Waals surface area contributed by atoms with Gasteiger partial charge in [-0.05, 0) is 18.1 Å². The molecule has 28 heavy (non-hydrogen) atoms. The van der Waals surface area contributed by atoms with Gasteiger partial charge < -0.3 is 15.4 Å². The Bertz CT molecular complexity index is 981. The second-order valence-electron chi connectivity index (χ2n) is 6.81. The Morgan fingerprint density at radius 1 is 1.21 bits per heavy atom. The molecule has 2 heterocycles. The topological polar surface area (TPSA) is 68.2 Å². The van der Waals surface area contributed by atoms with Gasteiger partial charge in [0.1, 0.15) is 17.1 Å². The summed E-state index contributed by atoms with van der Waals surface area (Å²) in [6, 6.07) is 18.0. The first-order valence-electron chi connectivity index (χ1n) is 9.52. The number of nitrogens with zero attached hydrogens (tertiary/aromatic N) is 2. The average molecular weight is 376 g/mol. The normalized spacial score (nSPS) is 15.0. The number of methoxy groups -OCH3 is 1. The molecule has 1 aromatic heterocycles. The van der Waals surface area contributed by atoms with Crippen LogP contribution >= 0.6 is 0 Å². The molecule has 0 fully saturated rings. The predicted octanol–water partition coefficient (Wildman–Crippen LogP) is 3.55. The number of carbonyl (C=O) groups is 1. The molecule has 0 spiro atoms. The summed E-state index contributed by atoms with van der Waals surface area (Å²) in [7, 11) is 1.63. The molecular weight excluding hydrogens is 352 g/mol. The number of ether oxygens (including phenoxy) is 1. The number of aromatic nitrogens is 2. The smallest absolute Gasteiger partial charge is 0.257 e. The van der Waals surface area contributed by atoms with Crippen LogP contribution in [0.4, 0.5) is 5.82 Å². The van der Waals surface area contributed by atoms with Gasteiger partial charge in [-0.2, -0.15) is 5.10 Å². The second-order valence-corrected chi connectivity index (χ2v) is 6.81. The van der Waals surface area contributed by atoms with Crippen molar-refractivity contribution in [2.24, 2.45) is 0 Å². The molecule has 4 rings (SSSR count). The zero-order chi connectivity index (χ0) is 19.5. The molecule has 144 valence electrons. The standard InChI is InChI=1S/C22H24N4O2/c1-3-17-20(22(27)23-13-16-11-7-8-12-19(16)28-2)21-24-18(14-26(21)25-17)15-9-5-4-6-10-15/h4-12,18,24H,3,13-14H2,1-2H3,(H,23,27). The van der Waals surface area contributed by atoms with E-state index in [-0.39, 0.29) is 11.9 Å². The number of carbonyl (C=O) groups excluding carboxylic acids is 1. The van der Waals surface area contributed by atoms with Gasteiger partial charge in [-0.1, -0.05) is 55.5 Å². The minimum absolute atomic E-state index is 0.120. The molecule has 0 radical (unpaired) electrons. The van der Waals surface area contributed by atoms with Gasteiger partial charge in [-0.3, -0.25) is 4.79 Å². The molecule has 0 bridgehead atoms. The second kappa shape index (κ2) is 7.76. The Hall–Kier alpha value is -3.28. The lowest BCUT2D eigenvalue weighted by Crippen LogP contribution is -2.24. The van der Waals surface area contributed by atoms with Crippen LogP contribution in [0.2, 0.25) is 0 Å². The van der Waals surface area contributed by atoms with E-state index < -0.39 is 0 Å². The summed E-state index contributed by atoms with van der Waals surface area (Å²) in [6.45, 7) is 3.13. The van der Waals surface area contributed by atoms with Crippen molar-refractivity contribution in [1.29, 1.82) is 0 Å². The number of anilines is 1. The fourth-order valence-electron chi connectivity index (χ4n) is 3.65. The number of benzene rings is 2. The predicted molar refractivity (Wildman–Crippen MR) is 109 cm³/mol. The van der Waals surface area contributed by atoms with Crippen molar-refractivity contribution >= 4 is 11.7 Å². The Labute approximate surface area is 164 Å². The van der Waals surface area contributed by atoms with Crippen LogP contribution in [0, 0.1) is 0 Å². The lowest BCUT2D eigenvalue weighted by molar-refractivity contribution is 0.0950. The molecule has 6 heteroatoms.